The first-order valence-corrected chi connectivity index (χ1v) is 8.33. The standard InChI is InChI=1S/C12H14F2N4O2S2.ClH/c13-12(14,6-15)7-16-9(19)5-21-4-8-3-10(20)18-1-2-22-11(18)17-8;/h1-3H,4-7,15H2,(H,16,19);1H. The number of rotatable bonds is 7. The Morgan fingerprint density at radius 3 is 2.96 bits per heavy atom. The maximum absolute atomic E-state index is 12.9. The van der Waals surface area contributed by atoms with E-state index in [1.807, 2.05) is 0 Å². The molecule has 2 heterocycles. The highest BCUT2D eigenvalue weighted by Gasteiger charge is 2.26. The van der Waals surface area contributed by atoms with E-state index in [4.69, 9.17) is 5.73 Å². The van der Waals surface area contributed by atoms with Gasteiger partial charge < -0.3 is 11.1 Å². The third kappa shape index (κ3) is 5.72. The first kappa shape index (κ1) is 19.8. The number of alkyl halides is 2. The molecular formula is C12H15ClF2N4O2S2. The monoisotopic (exact) mass is 384 g/mol. The van der Waals surface area contributed by atoms with Crippen LogP contribution < -0.4 is 16.6 Å². The van der Waals surface area contributed by atoms with Crippen molar-refractivity contribution in [3.63, 3.8) is 0 Å². The second-order valence-corrected chi connectivity index (χ2v) is 6.33. The van der Waals surface area contributed by atoms with E-state index in [9.17, 15) is 18.4 Å². The van der Waals surface area contributed by atoms with Crippen LogP contribution in [0.2, 0.25) is 0 Å². The third-order valence-electron chi connectivity index (χ3n) is 2.68. The van der Waals surface area contributed by atoms with Gasteiger partial charge in [0.1, 0.15) is 0 Å². The molecule has 2 aromatic rings. The van der Waals surface area contributed by atoms with E-state index in [1.54, 1.807) is 11.6 Å². The lowest BCUT2D eigenvalue weighted by Crippen LogP contribution is -2.42. The summed E-state index contributed by atoms with van der Waals surface area (Å²) in [5, 5.41) is 3.88. The van der Waals surface area contributed by atoms with Crippen LogP contribution in [-0.4, -0.2) is 40.1 Å². The molecule has 0 spiro atoms. The number of nitrogens with zero attached hydrogens (tertiary/aromatic N) is 2. The molecule has 0 unspecified atom stereocenters. The molecule has 23 heavy (non-hydrogen) atoms. The van der Waals surface area contributed by atoms with E-state index in [0.717, 1.165) is 0 Å². The van der Waals surface area contributed by atoms with Gasteiger partial charge in [-0.1, -0.05) is 0 Å². The quantitative estimate of drug-likeness (QED) is 0.746. The number of amides is 1. The summed E-state index contributed by atoms with van der Waals surface area (Å²) in [7, 11) is 0. The minimum absolute atomic E-state index is 0. The molecule has 6 nitrogen and oxygen atoms in total. The van der Waals surface area contributed by atoms with Gasteiger partial charge in [0, 0.05) is 23.4 Å². The predicted molar refractivity (Wildman–Crippen MR) is 89.8 cm³/mol. The molecule has 0 aliphatic carbocycles. The molecule has 1 amide bonds. The van der Waals surface area contributed by atoms with Crippen molar-refractivity contribution in [2.45, 2.75) is 11.7 Å². The number of hydrogen-bond donors (Lipinski definition) is 2. The lowest BCUT2D eigenvalue weighted by molar-refractivity contribution is -0.120. The Hall–Kier alpha value is -1.23. The van der Waals surface area contributed by atoms with Crippen LogP contribution in [0.4, 0.5) is 8.78 Å². The van der Waals surface area contributed by atoms with Crippen molar-refractivity contribution in [1.82, 2.24) is 14.7 Å². The molecule has 128 valence electrons. The Morgan fingerprint density at radius 2 is 2.26 bits per heavy atom. The highest BCUT2D eigenvalue weighted by atomic mass is 35.5. The van der Waals surface area contributed by atoms with Gasteiger partial charge in [-0.15, -0.1) is 35.5 Å². The summed E-state index contributed by atoms with van der Waals surface area (Å²) in [6.07, 6.45) is 1.64. The zero-order valence-corrected chi connectivity index (χ0v) is 14.3. The maximum Gasteiger partial charge on any atom is 0.277 e. The van der Waals surface area contributed by atoms with Gasteiger partial charge in [0.2, 0.25) is 5.91 Å². The number of thioether (sulfide) groups is 1. The number of nitrogens with two attached hydrogens (primary N) is 1. The zero-order valence-electron chi connectivity index (χ0n) is 11.8. The second kappa shape index (κ2) is 8.57. The molecule has 0 aliphatic rings. The van der Waals surface area contributed by atoms with Crippen LogP contribution in [0.3, 0.4) is 0 Å². The number of hydrogen-bond acceptors (Lipinski definition) is 6. The molecular weight excluding hydrogens is 370 g/mol. The third-order valence-corrected chi connectivity index (χ3v) is 4.40. The highest BCUT2D eigenvalue weighted by Crippen LogP contribution is 2.13. The fourth-order valence-electron chi connectivity index (χ4n) is 1.56. The van der Waals surface area contributed by atoms with Gasteiger partial charge in [-0.05, 0) is 0 Å². The number of fused-ring (bicyclic) bond motifs is 1. The number of thiazole rings is 1. The molecule has 0 radical (unpaired) electrons. The van der Waals surface area contributed by atoms with Gasteiger partial charge in [0.15, 0.2) is 4.96 Å². The van der Waals surface area contributed by atoms with Gasteiger partial charge in [-0.25, -0.2) is 13.8 Å². The lowest BCUT2D eigenvalue weighted by Gasteiger charge is -2.14. The van der Waals surface area contributed by atoms with Crippen molar-refractivity contribution in [3.8, 4) is 0 Å². The van der Waals surface area contributed by atoms with Gasteiger partial charge in [-0.3, -0.25) is 14.0 Å². The Bertz CT molecular complexity index is 722. The molecule has 3 N–H and O–H groups in total. The van der Waals surface area contributed by atoms with Gasteiger partial charge in [-0.2, -0.15) is 0 Å². The number of halogens is 3. The molecule has 2 rings (SSSR count). The highest BCUT2D eigenvalue weighted by molar-refractivity contribution is 7.99. The number of nitrogens with one attached hydrogen (secondary N) is 1. The van der Waals surface area contributed by atoms with E-state index < -0.39 is 24.9 Å². The van der Waals surface area contributed by atoms with Crippen LogP contribution >= 0.6 is 35.5 Å². The van der Waals surface area contributed by atoms with Crippen molar-refractivity contribution in [1.29, 1.82) is 0 Å². The number of carbonyl (C=O) groups excluding carboxylic acids is 1. The Morgan fingerprint density at radius 1 is 1.52 bits per heavy atom. The predicted octanol–water partition coefficient (Wildman–Crippen LogP) is 1.12. The average molecular weight is 385 g/mol. The molecule has 0 atom stereocenters. The van der Waals surface area contributed by atoms with Crippen molar-refractivity contribution in [3.05, 3.63) is 33.7 Å². The van der Waals surface area contributed by atoms with Crippen molar-refractivity contribution in [2.75, 3.05) is 18.8 Å². The zero-order chi connectivity index (χ0) is 16.2. The summed E-state index contributed by atoms with van der Waals surface area (Å²) in [6, 6.07) is 1.40. The van der Waals surface area contributed by atoms with E-state index in [-0.39, 0.29) is 23.7 Å². The van der Waals surface area contributed by atoms with Crippen molar-refractivity contribution in [2.24, 2.45) is 5.73 Å². The van der Waals surface area contributed by atoms with E-state index in [1.165, 1.54) is 33.6 Å². The maximum atomic E-state index is 12.9. The summed E-state index contributed by atoms with van der Waals surface area (Å²) in [4.78, 5) is 28.1. The number of carbonyl (C=O) groups is 1. The molecule has 0 saturated carbocycles. The summed E-state index contributed by atoms with van der Waals surface area (Å²) in [6.45, 7) is -1.58. The van der Waals surface area contributed by atoms with Crippen LogP contribution in [-0.2, 0) is 10.5 Å². The lowest BCUT2D eigenvalue weighted by atomic mass is 10.3. The van der Waals surface area contributed by atoms with E-state index >= 15 is 0 Å². The second-order valence-electron chi connectivity index (χ2n) is 4.47. The molecule has 0 aliphatic heterocycles. The number of aromatic nitrogens is 2. The Kier molecular flexibility index (Phi) is 7.39. The van der Waals surface area contributed by atoms with E-state index in [0.29, 0.717) is 16.4 Å². The summed E-state index contributed by atoms with van der Waals surface area (Å²) < 4.78 is 27.2. The summed E-state index contributed by atoms with van der Waals surface area (Å²) in [5.41, 5.74) is 5.24. The van der Waals surface area contributed by atoms with Crippen molar-refractivity contribution < 1.29 is 13.6 Å². The minimum Gasteiger partial charge on any atom is -0.349 e. The van der Waals surface area contributed by atoms with Gasteiger partial charge in [0.05, 0.1) is 24.5 Å². The van der Waals surface area contributed by atoms with E-state index in [2.05, 4.69) is 10.3 Å². The molecule has 0 bridgehead atoms. The normalized spacial score (nSPS) is 11.3. The Balaban J connectivity index is 0.00000264. The largest absolute Gasteiger partial charge is 0.349 e. The molecule has 11 heteroatoms. The van der Waals surface area contributed by atoms with Crippen LogP contribution in [0.1, 0.15) is 5.69 Å². The SMILES string of the molecule is Cl.NCC(F)(F)CNC(=O)CSCc1cc(=O)n2ccsc2n1. The molecule has 0 aromatic carbocycles. The fourth-order valence-corrected chi connectivity index (χ4v) is 3.05. The van der Waals surface area contributed by atoms with Crippen LogP contribution in [0, 0.1) is 0 Å². The van der Waals surface area contributed by atoms with Gasteiger partial charge >= 0.3 is 0 Å². The topological polar surface area (TPSA) is 89.5 Å². The van der Waals surface area contributed by atoms with Gasteiger partial charge in [0.25, 0.3) is 11.5 Å². The minimum atomic E-state index is -3.10. The molecule has 0 saturated heterocycles. The van der Waals surface area contributed by atoms with Crippen LogP contribution in [0.5, 0.6) is 0 Å². The fraction of sp³-hybridized carbons (Fsp3) is 0.417. The van der Waals surface area contributed by atoms with Crippen LogP contribution in [0.15, 0.2) is 22.4 Å². The molecule has 2 aromatic heterocycles. The van der Waals surface area contributed by atoms with Crippen molar-refractivity contribution >= 4 is 46.4 Å². The first-order valence-electron chi connectivity index (χ1n) is 6.29. The summed E-state index contributed by atoms with van der Waals surface area (Å²) in [5.74, 6) is -3.25. The first-order chi connectivity index (χ1) is 10.4. The molecule has 0 fully saturated rings. The Labute approximate surface area is 144 Å². The smallest absolute Gasteiger partial charge is 0.277 e. The summed E-state index contributed by atoms with van der Waals surface area (Å²) >= 11 is 2.54. The average Bonchev–Trinajstić information content (AvgIpc) is 2.94. The van der Waals surface area contributed by atoms with Crippen LogP contribution in [0.25, 0.3) is 4.96 Å².